The molecule has 0 aliphatic rings. The van der Waals surface area contributed by atoms with E-state index in [9.17, 15) is 13.6 Å². The fourth-order valence-corrected chi connectivity index (χ4v) is 2.68. The van der Waals surface area contributed by atoms with Crippen LogP contribution in [0, 0.1) is 5.92 Å². The summed E-state index contributed by atoms with van der Waals surface area (Å²) < 4.78 is 34.4. The van der Waals surface area contributed by atoms with E-state index >= 15 is 0 Å². The number of ether oxygens (including phenoxy) is 2. The molecule has 0 radical (unpaired) electrons. The predicted octanol–water partition coefficient (Wildman–Crippen LogP) is 3.29. The van der Waals surface area contributed by atoms with Crippen LogP contribution in [-0.4, -0.2) is 26.2 Å². The van der Waals surface area contributed by atoms with Crippen molar-refractivity contribution in [2.75, 3.05) is 13.7 Å². The molecule has 0 bridgehead atoms. The van der Waals surface area contributed by atoms with Crippen molar-refractivity contribution in [3.05, 3.63) is 59.7 Å². The Bertz CT molecular complexity index is 741. The van der Waals surface area contributed by atoms with E-state index < -0.39 is 18.6 Å². The molecule has 0 aromatic heterocycles. The van der Waals surface area contributed by atoms with E-state index in [1.807, 2.05) is 30.3 Å². The Balaban J connectivity index is 1.90. The van der Waals surface area contributed by atoms with Gasteiger partial charge in [-0.15, -0.1) is 0 Å². The first kappa shape index (κ1) is 20.6. The summed E-state index contributed by atoms with van der Waals surface area (Å²) in [6, 6.07) is 13.8. The van der Waals surface area contributed by atoms with E-state index in [-0.39, 0.29) is 17.4 Å². The molecule has 2 rings (SSSR count). The zero-order valence-corrected chi connectivity index (χ0v) is 15.3. The first-order valence-electron chi connectivity index (χ1n) is 8.62. The second kappa shape index (κ2) is 9.87. The first-order chi connectivity index (χ1) is 12.9. The Labute approximate surface area is 157 Å². The number of hydrogen-bond donors (Lipinski definition) is 2. The van der Waals surface area contributed by atoms with E-state index in [2.05, 4.69) is 10.1 Å². The van der Waals surface area contributed by atoms with E-state index in [4.69, 9.17) is 10.5 Å². The number of carbonyl (C=O) groups excluding carboxylic acids is 1. The van der Waals surface area contributed by atoms with Gasteiger partial charge in [0.25, 0.3) is 0 Å². The molecule has 27 heavy (non-hydrogen) atoms. The molecule has 0 heterocycles. The van der Waals surface area contributed by atoms with Crippen molar-refractivity contribution in [2.24, 2.45) is 11.7 Å². The predicted molar refractivity (Wildman–Crippen MR) is 98.9 cm³/mol. The van der Waals surface area contributed by atoms with Gasteiger partial charge in [-0.3, -0.25) is 4.79 Å². The van der Waals surface area contributed by atoms with Crippen LogP contribution in [0.5, 0.6) is 11.5 Å². The zero-order chi connectivity index (χ0) is 19.8. The van der Waals surface area contributed by atoms with Gasteiger partial charge >= 0.3 is 6.61 Å². The number of nitrogens with one attached hydrogen (secondary N) is 1. The summed E-state index contributed by atoms with van der Waals surface area (Å²) in [6.07, 6.45) is 0.461. The summed E-state index contributed by atoms with van der Waals surface area (Å²) in [6.45, 7) is -0.811. The van der Waals surface area contributed by atoms with Crippen LogP contribution in [0.4, 0.5) is 8.78 Å². The Morgan fingerprint density at radius 2 is 1.85 bits per heavy atom. The van der Waals surface area contributed by atoms with Crippen molar-refractivity contribution in [2.45, 2.75) is 26.0 Å². The van der Waals surface area contributed by atoms with E-state index in [1.165, 1.54) is 13.2 Å². The summed E-state index contributed by atoms with van der Waals surface area (Å²) >= 11 is 0. The van der Waals surface area contributed by atoms with E-state index in [1.54, 1.807) is 19.1 Å². The van der Waals surface area contributed by atoms with Crippen LogP contribution in [-0.2, 0) is 11.2 Å². The highest BCUT2D eigenvalue weighted by Crippen LogP contribution is 2.29. The van der Waals surface area contributed by atoms with Crippen LogP contribution in [0.15, 0.2) is 48.5 Å². The largest absolute Gasteiger partial charge is 0.493 e. The minimum absolute atomic E-state index is 0.0317. The normalized spacial score (nSPS) is 13.1. The number of rotatable bonds is 9. The number of nitrogens with two attached hydrogens (primary N) is 1. The minimum Gasteiger partial charge on any atom is -0.493 e. The summed E-state index contributed by atoms with van der Waals surface area (Å²) in [5.74, 6) is -0.369. The molecule has 0 fully saturated rings. The lowest BCUT2D eigenvalue weighted by molar-refractivity contribution is -0.125. The average molecular weight is 378 g/mol. The van der Waals surface area contributed by atoms with Crippen molar-refractivity contribution in [3.8, 4) is 11.5 Å². The highest BCUT2D eigenvalue weighted by Gasteiger charge is 2.21. The monoisotopic (exact) mass is 378 g/mol. The van der Waals surface area contributed by atoms with Gasteiger partial charge in [-0.05, 0) is 29.7 Å². The standard InChI is InChI=1S/C20H24F2N2O3/c1-13(18(23)15-6-4-3-5-7-15)19(25)24-11-10-14-8-9-16(26-2)17(12-14)27-20(21)22/h3-9,12-13,18,20H,10-11,23H2,1-2H3,(H,24,25). The molecule has 3 N–H and O–H groups in total. The van der Waals surface area contributed by atoms with Gasteiger partial charge in [0.2, 0.25) is 5.91 Å². The van der Waals surface area contributed by atoms with Crippen molar-refractivity contribution in [1.82, 2.24) is 5.32 Å². The maximum absolute atomic E-state index is 12.5. The van der Waals surface area contributed by atoms with Crippen LogP contribution in [0.25, 0.3) is 0 Å². The molecule has 0 saturated carbocycles. The number of amides is 1. The van der Waals surface area contributed by atoms with Crippen molar-refractivity contribution in [3.63, 3.8) is 0 Å². The van der Waals surface area contributed by atoms with Gasteiger partial charge in [0.15, 0.2) is 11.5 Å². The Hall–Kier alpha value is -2.67. The molecule has 2 unspecified atom stereocenters. The van der Waals surface area contributed by atoms with Crippen LogP contribution in [0.1, 0.15) is 24.1 Å². The average Bonchev–Trinajstić information content (AvgIpc) is 2.67. The molecule has 0 aliphatic carbocycles. The molecule has 146 valence electrons. The lowest BCUT2D eigenvalue weighted by atomic mass is 9.94. The van der Waals surface area contributed by atoms with E-state index in [0.717, 1.165) is 11.1 Å². The lowest BCUT2D eigenvalue weighted by Gasteiger charge is -2.20. The molecule has 7 heteroatoms. The topological polar surface area (TPSA) is 73.6 Å². The van der Waals surface area contributed by atoms with Crippen molar-refractivity contribution < 1.29 is 23.0 Å². The Morgan fingerprint density at radius 1 is 1.15 bits per heavy atom. The van der Waals surface area contributed by atoms with Crippen LogP contribution < -0.4 is 20.5 Å². The Morgan fingerprint density at radius 3 is 2.48 bits per heavy atom. The van der Waals surface area contributed by atoms with Crippen molar-refractivity contribution in [1.29, 1.82) is 0 Å². The van der Waals surface area contributed by atoms with Gasteiger partial charge in [-0.2, -0.15) is 8.78 Å². The maximum atomic E-state index is 12.5. The molecular weight excluding hydrogens is 354 g/mol. The summed E-state index contributed by atoms with van der Waals surface area (Å²) in [5.41, 5.74) is 7.79. The van der Waals surface area contributed by atoms with Crippen LogP contribution in [0.2, 0.25) is 0 Å². The van der Waals surface area contributed by atoms with Gasteiger partial charge in [0.05, 0.1) is 13.0 Å². The second-order valence-corrected chi connectivity index (χ2v) is 6.13. The molecule has 0 saturated heterocycles. The third kappa shape index (κ3) is 5.92. The molecule has 5 nitrogen and oxygen atoms in total. The second-order valence-electron chi connectivity index (χ2n) is 6.13. The quantitative estimate of drug-likeness (QED) is 0.702. The fraction of sp³-hybridized carbons (Fsp3) is 0.350. The van der Waals surface area contributed by atoms with Crippen LogP contribution >= 0.6 is 0 Å². The minimum atomic E-state index is -2.94. The number of methoxy groups -OCH3 is 1. The third-order valence-corrected chi connectivity index (χ3v) is 4.29. The molecule has 0 aliphatic heterocycles. The number of halogens is 2. The Kier molecular flexibility index (Phi) is 7.55. The SMILES string of the molecule is COc1ccc(CCNC(=O)C(C)C(N)c2ccccc2)cc1OC(F)F. The number of benzene rings is 2. The van der Waals surface area contributed by atoms with Gasteiger partial charge in [-0.1, -0.05) is 43.3 Å². The number of carbonyl (C=O) groups is 1. The van der Waals surface area contributed by atoms with Gasteiger partial charge in [0, 0.05) is 12.6 Å². The van der Waals surface area contributed by atoms with Gasteiger partial charge < -0.3 is 20.5 Å². The number of alkyl halides is 2. The number of hydrogen-bond acceptors (Lipinski definition) is 4. The highest BCUT2D eigenvalue weighted by atomic mass is 19.3. The van der Waals surface area contributed by atoms with Gasteiger partial charge in [-0.25, -0.2) is 0 Å². The third-order valence-electron chi connectivity index (χ3n) is 4.29. The molecule has 2 aromatic carbocycles. The summed E-state index contributed by atoms with van der Waals surface area (Å²) in [5, 5.41) is 2.83. The summed E-state index contributed by atoms with van der Waals surface area (Å²) in [7, 11) is 1.38. The van der Waals surface area contributed by atoms with Crippen LogP contribution in [0.3, 0.4) is 0 Å². The highest BCUT2D eigenvalue weighted by molar-refractivity contribution is 5.79. The van der Waals surface area contributed by atoms with Gasteiger partial charge in [0.1, 0.15) is 0 Å². The molecule has 2 aromatic rings. The lowest BCUT2D eigenvalue weighted by Crippen LogP contribution is -2.36. The zero-order valence-electron chi connectivity index (χ0n) is 15.3. The first-order valence-corrected chi connectivity index (χ1v) is 8.62. The molecule has 1 amide bonds. The maximum Gasteiger partial charge on any atom is 0.387 e. The fourth-order valence-electron chi connectivity index (χ4n) is 2.68. The smallest absolute Gasteiger partial charge is 0.387 e. The molecule has 0 spiro atoms. The molecular formula is C20H24F2N2O3. The molecule has 2 atom stereocenters. The van der Waals surface area contributed by atoms with Crippen molar-refractivity contribution >= 4 is 5.91 Å². The van der Waals surface area contributed by atoms with E-state index in [0.29, 0.717) is 13.0 Å². The summed E-state index contributed by atoms with van der Waals surface area (Å²) in [4.78, 5) is 12.3.